The minimum Gasteiger partial charge on any atom is -0.496 e. The first-order valence-corrected chi connectivity index (χ1v) is 8.12. The van der Waals surface area contributed by atoms with Crippen LogP contribution < -0.4 is 10.1 Å². The van der Waals surface area contributed by atoms with Gasteiger partial charge in [-0.25, -0.2) is 0 Å². The van der Waals surface area contributed by atoms with Crippen LogP contribution in [0.5, 0.6) is 5.75 Å². The van der Waals surface area contributed by atoms with E-state index < -0.39 is 6.04 Å². The molecular formula is C16H16N4O3S. The zero-order valence-electron chi connectivity index (χ0n) is 13.4. The first-order valence-electron chi connectivity index (χ1n) is 7.29. The maximum Gasteiger partial charge on any atom is 0.254 e. The van der Waals surface area contributed by atoms with Crippen molar-refractivity contribution in [3.05, 3.63) is 46.8 Å². The van der Waals surface area contributed by atoms with E-state index in [1.165, 1.54) is 11.5 Å². The maximum absolute atomic E-state index is 12.2. The molecule has 2 aromatic heterocycles. The molecule has 24 heavy (non-hydrogen) atoms. The highest BCUT2D eigenvalue weighted by Crippen LogP contribution is 2.28. The zero-order valence-corrected chi connectivity index (χ0v) is 14.3. The Labute approximate surface area is 142 Å². The molecule has 1 N–H and O–H groups in total. The predicted molar refractivity (Wildman–Crippen MR) is 89.0 cm³/mol. The summed E-state index contributed by atoms with van der Waals surface area (Å²) in [5.74, 6) is 1.18. The number of amides is 1. The number of nitrogens with one attached hydrogen (secondary N) is 1. The summed E-state index contributed by atoms with van der Waals surface area (Å²) in [7, 11) is 1.58. The number of benzene rings is 1. The second kappa shape index (κ2) is 6.79. The Kier molecular flexibility index (Phi) is 4.57. The predicted octanol–water partition coefficient (Wildman–Crippen LogP) is 3.00. The minimum absolute atomic E-state index is 0.217. The number of ether oxygens (including phenoxy) is 1. The molecule has 0 aliphatic rings. The maximum atomic E-state index is 12.2. The number of hydrogen-bond acceptors (Lipinski definition) is 7. The molecule has 3 rings (SSSR count). The van der Waals surface area contributed by atoms with Crippen molar-refractivity contribution in [1.29, 1.82) is 0 Å². The molecule has 124 valence electrons. The van der Waals surface area contributed by atoms with Gasteiger partial charge in [-0.15, -0.1) is 0 Å². The van der Waals surface area contributed by atoms with Crippen LogP contribution in [0.15, 0.2) is 34.2 Å². The van der Waals surface area contributed by atoms with Crippen LogP contribution in [0, 0.1) is 6.92 Å². The van der Waals surface area contributed by atoms with Gasteiger partial charge in [0.25, 0.3) is 5.91 Å². The molecule has 8 heteroatoms. The molecule has 0 aliphatic carbocycles. The highest BCUT2D eigenvalue weighted by Gasteiger charge is 2.20. The summed E-state index contributed by atoms with van der Waals surface area (Å²) >= 11 is 1.25. The van der Waals surface area contributed by atoms with Gasteiger partial charge in [0.15, 0.2) is 0 Å². The Hall–Kier alpha value is -2.74. The van der Waals surface area contributed by atoms with E-state index in [9.17, 15) is 4.79 Å². The molecule has 1 unspecified atom stereocenters. The van der Waals surface area contributed by atoms with E-state index in [0.717, 1.165) is 5.56 Å². The third-order valence-corrected chi connectivity index (χ3v) is 4.22. The topological polar surface area (TPSA) is 90.1 Å². The molecule has 0 radical (unpaired) electrons. The van der Waals surface area contributed by atoms with Crippen molar-refractivity contribution in [3.63, 3.8) is 0 Å². The Morgan fingerprint density at radius 3 is 2.88 bits per heavy atom. The number of carbonyl (C=O) groups excluding carboxylic acids is 1. The minimum atomic E-state index is -0.423. The largest absolute Gasteiger partial charge is 0.496 e. The van der Waals surface area contributed by atoms with Crippen LogP contribution in [0.1, 0.15) is 34.9 Å². The molecule has 0 saturated heterocycles. The Morgan fingerprint density at radius 1 is 1.38 bits per heavy atom. The molecule has 0 fully saturated rings. The number of para-hydroxylation sites is 1. The standard InChI is InChI=1S/C16H16N4O3S/c1-9-12(8-24-20-9)15(21)17-10(2)16-18-14(19-23-16)11-6-4-5-7-13(11)22-3/h4-8,10H,1-3H3,(H,17,21). The fourth-order valence-corrected chi connectivity index (χ4v) is 2.89. The van der Waals surface area contributed by atoms with Crippen molar-refractivity contribution in [2.75, 3.05) is 7.11 Å². The molecule has 7 nitrogen and oxygen atoms in total. The van der Waals surface area contributed by atoms with Gasteiger partial charge in [-0.2, -0.15) is 9.36 Å². The van der Waals surface area contributed by atoms with E-state index in [2.05, 4.69) is 19.8 Å². The van der Waals surface area contributed by atoms with E-state index in [0.29, 0.717) is 28.7 Å². The molecule has 1 aromatic carbocycles. The average Bonchev–Trinajstić information content (AvgIpc) is 3.23. The summed E-state index contributed by atoms with van der Waals surface area (Å²) in [5, 5.41) is 8.52. The lowest BCUT2D eigenvalue weighted by Gasteiger charge is -2.08. The van der Waals surface area contributed by atoms with Crippen LogP contribution >= 0.6 is 11.5 Å². The number of methoxy groups -OCH3 is 1. The van der Waals surface area contributed by atoms with Gasteiger partial charge in [0.1, 0.15) is 11.8 Å². The van der Waals surface area contributed by atoms with Crippen molar-refractivity contribution in [2.45, 2.75) is 19.9 Å². The molecule has 1 amide bonds. The summed E-state index contributed by atoms with van der Waals surface area (Å²) in [6.07, 6.45) is 0. The van der Waals surface area contributed by atoms with Crippen molar-refractivity contribution in [3.8, 4) is 17.1 Å². The van der Waals surface area contributed by atoms with Gasteiger partial charge in [0.2, 0.25) is 11.7 Å². The third-order valence-electron chi connectivity index (χ3n) is 3.50. The number of carbonyl (C=O) groups is 1. The van der Waals surface area contributed by atoms with Crippen molar-refractivity contribution in [2.24, 2.45) is 0 Å². The SMILES string of the molecule is COc1ccccc1-c1noc(C(C)NC(=O)c2csnc2C)n1. The zero-order chi connectivity index (χ0) is 17.1. The monoisotopic (exact) mass is 344 g/mol. The van der Waals surface area contributed by atoms with Gasteiger partial charge in [-0.3, -0.25) is 4.79 Å². The highest BCUT2D eigenvalue weighted by molar-refractivity contribution is 7.03. The van der Waals surface area contributed by atoms with Crippen LogP contribution in [-0.4, -0.2) is 27.5 Å². The van der Waals surface area contributed by atoms with Crippen LogP contribution in [0.4, 0.5) is 0 Å². The van der Waals surface area contributed by atoms with Crippen molar-refractivity contribution in [1.82, 2.24) is 19.8 Å². The third kappa shape index (κ3) is 3.13. The average molecular weight is 344 g/mol. The molecule has 3 aromatic rings. The molecule has 0 aliphatic heterocycles. The van der Waals surface area contributed by atoms with Crippen molar-refractivity contribution < 1.29 is 14.1 Å². The Morgan fingerprint density at radius 2 is 2.17 bits per heavy atom. The Bertz CT molecular complexity index is 858. The number of nitrogens with zero attached hydrogens (tertiary/aromatic N) is 3. The van der Waals surface area contributed by atoms with Crippen molar-refractivity contribution >= 4 is 17.4 Å². The summed E-state index contributed by atoms with van der Waals surface area (Å²) in [5.41, 5.74) is 1.98. The normalized spacial score (nSPS) is 12.0. The second-order valence-electron chi connectivity index (χ2n) is 5.17. The molecule has 2 heterocycles. The fraction of sp³-hybridized carbons (Fsp3) is 0.250. The fourth-order valence-electron chi connectivity index (χ4n) is 2.20. The van der Waals surface area contributed by atoms with E-state index in [4.69, 9.17) is 9.26 Å². The van der Waals surface area contributed by atoms with E-state index in [1.807, 2.05) is 24.3 Å². The Balaban J connectivity index is 1.78. The lowest BCUT2D eigenvalue weighted by atomic mass is 10.2. The van der Waals surface area contributed by atoms with Crippen LogP contribution in [0.2, 0.25) is 0 Å². The quantitative estimate of drug-likeness (QED) is 0.765. The lowest BCUT2D eigenvalue weighted by molar-refractivity contribution is 0.0932. The number of aryl methyl sites for hydroxylation is 1. The van der Waals surface area contributed by atoms with Gasteiger partial charge in [0.05, 0.1) is 23.9 Å². The molecule has 1 atom stereocenters. The number of aromatic nitrogens is 3. The van der Waals surface area contributed by atoms with Gasteiger partial charge in [-0.05, 0) is 37.5 Å². The van der Waals surface area contributed by atoms with Gasteiger partial charge in [0, 0.05) is 5.38 Å². The van der Waals surface area contributed by atoms with Crippen LogP contribution in [-0.2, 0) is 0 Å². The first kappa shape index (κ1) is 16.1. The summed E-state index contributed by atoms with van der Waals surface area (Å²) in [4.78, 5) is 16.6. The van der Waals surface area contributed by atoms with Crippen LogP contribution in [0.3, 0.4) is 0 Å². The molecule has 0 saturated carbocycles. The highest BCUT2D eigenvalue weighted by atomic mass is 32.1. The van der Waals surface area contributed by atoms with Gasteiger partial charge >= 0.3 is 0 Å². The summed E-state index contributed by atoms with van der Waals surface area (Å²) < 4.78 is 14.7. The summed E-state index contributed by atoms with van der Waals surface area (Å²) in [6, 6.07) is 6.97. The summed E-state index contributed by atoms with van der Waals surface area (Å²) in [6.45, 7) is 3.58. The van der Waals surface area contributed by atoms with E-state index >= 15 is 0 Å². The molecule has 0 spiro atoms. The van der Waals surface area contributed by atoms with Gasteiger partial charge in [-0.1, -0.05) is 17.3 Å². The molecule has 0 bridgehead atoms. The van der Waals surface area contributed by atoms with Crippen LogP contribution in [0.25, 0.3) is 11.4 Å². The second-order valence-corrected chi connectivity index (χ2v) is 5.79. The molecular weight excluding hydrogens is 328 g/mol. The first-order chi connectivity index (χ1) is 11.6. The van der Waals surface area contributed by atoms with E-state index in [-0.39, 0.29) is 5.91 Å². The lowest BCUT2D eigenvalue weighted by Crippen LogP contribution is -2.27. The number of hydrogen-bond donors (Lipinski definition) is 1. The van der Waals surface area contributed by atoms with Gasteiger partial charge < -0.3 is 14.6 Å². The smallest absolute Gasteiger partial charge is 0.254 e. The van der Waals surface area contributed by atoms with E-state index in [1.54, 1.807) is 26.3 Å². The number of rotatable bonds is 5.